The first-order valence-electron chi connectivity index (χ1n) is 7.95. The molecule has 124 valence electrons. The molecule has 0 amide bonds. The zero-order chi connectivity index (χ0) is 16.4. The third kappa shape index (κ3) is 6.05. The van der Waals surface area contributed by atoms with Crippen LogP contribution in [-0.2, 0) is 25.4 Å². The average molecular weight is 312 g/mol. The van der Waals surface area contributed by atoms with E-state index in [1.54, 1.807) is 6.07 Å². The standard InChI is InChI=1S/C14H20BFO4.C2H6/c1-3-17-11(2)18-10-12-9-13(16)5-6-14(12)15-19-7-4-8-20-15;1-2/h5-6,9,11H,3-4,7-8,10H2,1-2H3;1-2H3. The summed E-state index contributed by atoms with van der Waals surface area (Å²) in [5.41, 5.74) is 1.54. The summed E-state index contributed by atoms with van der Waals surface area (Å²) in [5, 5.41) is 0. The van der Waals surface area contributed by atoms with Crippen molar-refractivity contribution in [2.75, 3.05) is 19.8 Å². The molecule has 1 heterocycles. The third-order valence-electron chi connectivity index (χ3n) is 3.06. The van der Waals surface area contributed by atoms with Crippen LogP contribution in [0.2, 0.25) is 0 Å². The van der Waals surface area contributed by atoms with E-state index in [1.165, 1.54) is 12.1 Å². The number of hydrogen-bond donors (Lipinski definition) is 0. The highest BCUT2D eigenvalue weighted by molar-refractivity contribution is 6.61. The van der Waals surface area contributed by atoms with Crippen molar-refractivity contribution < 1.29 is 23.2 Å². The van der Waals surface area contributed by atoms with Crippen molar-refractivity contribution in [3.8, 4) is 0 Å². The molecule has 6 heteroatoms. The van der Waals surface area contributed by atoms with Gasteiger partial charge in [0.05, 0.1) is 6.61 Å². The van der Waals surface area contributed by atoms with Gasteiger partial charge in [-0.25, -0.2) is 4.39 Å². The van der Waals surface area contributed by atoms with Crippen LogP contribution in [0.4, 0.5) is 4.39 Å². The Hall–Kier alpha value is -0.945. The monoisotopic (exact) mass is 312 g/mol. The molecule has 1 aromatic rings. The van der Waals surface area contributed by atoms with Gasteiger partial charge in [0.15, 0.2) is 6.29 Å². The van der Waals surface area contributed by atoms with Gasteiger partial charge in [0.25, 0.3) is 0 Å². The molecule has 0 aromatic heterocycles. The van der Waals surface area contributed by atoms with E-state index >= 15 is 0 Å². The molecule has 1 aliphatic rings. The smallest absolute Gasteiger partial charge is 0.407 e. The largest absolute Gasteiger partial charge is 0.494 e. The summed E-state index contributed by atoms with van der Waals surface area (Å²) >= 11 is 0. The van der Waals surface area contributed by atoms with Gasteiger partial charge in [-0.15, -0.1) is 0 Å². The maximum atomic E-state index is 13.4. The van der Waals surface area contributed by atoms with Gasteiger partial charge >= 0.3 is 7.12 Å². The molecule has 2 rings (SSSR count). The van der Waals surface area contributed by atoms with Crippen LogP contribution in [0.3, 0.4) is 0 Å². The fraction of sp³-hybridized carbons (Fsp3) is 0.625. The summed E-state index contributed by atoms with van der Waals surface area (Å²) in [4.78, 5) is 0. The predicted octanol–water partition coefficient (Wildman–Crippen LogP) is 2.88. The molecule has 0 N–H and O–H groups in total. The maximum absolute atomic E-state index is 13.4. The van der Waals surface area contributed by atoms with Crippen molar-refractivity contribution >= 4 is 12.6 Å². The Kier molecular flexibility index (Phi) is 9.31. The maximum Gasteiger partial charge on any atom is 0.494 e. The van der Waals surface area contributed by atoms with E-state index in [1.807, 2.05) is 27.7 Å². The number of halogens is 1. The van der Waals surface area contributed by atoms with Gasteiger partial charge in [-0.3, -0.25) is 0 Å². The Morgan fingerprint density at radius 2 is 1.91 bits per heavy atom. The SMILES string of the molecule is CC.CCOC(C)OCc1cc(F)ccc1B1OCCCO1. The summed E-state index contributed by atoms with van der Waals surface area (Å²) < 4.78 is 35.4. The fourth-order valence-corrected chi connectivity index (χ4v) is 2.09. The molecule has 0 saturated carbocycles. The topological polar surface area (TPSA) is 36.9 Å². The molecule has 22 heavy (non-hydrogen) atoms. The zero-order valence-electron chi connectivity index (χ0n) is 13.9. The van der Waals surface area contributed by atoms with Crippen molar-refractivity contribution in [3.63, 3.8) is 0 Å². The van der Waals surface area contributed by atoms with Crippen molar-refractivity contribution in [1.29, 1.82) is 0 Å². The zero-order valence-corrected chi connectivity index (χ0v) is 13.9. The van der Waals surface area contributed by atoms with Crippen LogP contribution in [0, 0.1) is 5.82 Å². The molecular weight excluding hydrogens is 286 g/mol. The van der Waals surface area contributed by atoms with E-state index in [0.717, 1.165) is 17.4 Å². The van der Waals surface area contributed by atoms with Crippen LogP contribution in [-0.4, -0.2) is 33.2 Å². The van der Waals surface area contributed by atoms with Crippen LogP contribution in [0.25, 0.3) is 0 Å². The highest BCUT2D eigenvalue weighted by atomic mass is 19.1. The summed E-state index contributed by atoms with van der Waals surface area (Å²) in [6.45, 7) is 9.85. The fourth-order valence-electron chi connectivity index (χ4n) is 2.09. The third-order valence-corrected chi connectivity index (χ3v) is 3.06. The van der Waals surface area contributed by atoms with Crippen molar-refractivity contribution in [1.82, 2.24) is 0 Å². The molecule has 1 aromatic carbocycles. The van der Waals surface area contributed by atoms with Crippen LogP contribution >= 0.6 is 0 Å². The van der Waals surface area contributed by atoms with Gasteiger partial charge in [-0.1, -0.05) is 19.9 Å². The highest BCUT2D eigenvalue weighted by Crippen LogP contribution is 2.10. The van der Waals surface area contributed by atoms with Gasteiger partial charge in [0.2, 0.25) is 0 Å². The van der Waals surface area contributed by atoms with Crippen LogP contribution in [0.5, 0.6) is 0 Å². The minimum Gasteiger partial charge on any atom is -0.407 e. The normalized spacial score (nSPS) is 16.0. The second-order valence-corrected chi connectivity index (χ2v) is 4.60. The van der Waals surface area contributed by atoms with E-state index in [4.69, 9.17) is 18.8 Å². The summed E-state index contributed by atoms with van der Waals surface area (Å²) in [7, 11) is -0.439. The van der Waals surface area contributed by atoms with Crippen LogP contribution in [0.15, 0.2) is 18.2 Å². The first-order valence-corrected chi connectivity index (χ1v) is 7.95. The average Bonchev–Trinajstić information content (AvgIpc) is 2.56. The molecule has 1 saturated heterocycles. The molecule has 0 spiro atoms. The molecule has 0 radical (unpaired) electrons. The summed E-state index contributed by atoms with van der Waals surface area (Å²) in [6, 6.07) is 4.55. The van der Waals surface area contributed by atoms with E-state index < -0.39 is 7.12 Å². The molecule has 0 aliphatic carbocycles. The van der Waals surface area contributed by atoms with Gasteiger partial charge in [-0.05, 0) is 43.4 Å². The Bertz CT molecular complexity index is 425. The molecule has 1 unspecified atom stereocenters. The molecule has 1 fully saturated rings. The number of rotatable bonds is 6. The van der Waals surface area contributed by atoms with E-state index in [0.29, 0.717) is 19.8 Å². The Morgan fingerprint density at radius 3 is 2.55 bits per heavy atom. The first-order chi connectivity index (χ1) is 10.7. The predicted molar refractivity (Wildman–Crippen MR) is 85.5 cm³/mol. The summed E-state index contributed by atoms with van der Waals surface area (Å²) in [5.74, 6) is -0.299. The molecular formula is C16H26BFO4. The van der Waals surface area contributed by atoms with Gasteiger partial charge in [0, 0.05) is 19.8 Å². The first kappa shape index (κ1) is 19.1. The molecule has 0 bridgehead atoms. The minimum absolute atomic E-state index is 0.261. The Balaban J connectivity index is 0.00000116. The van der Waals surface area contributed by atoms with Crippen LogP contribution in [0.1, 0.15) is 39.7 Å². The second kappa shape index (κ2) is 10.7. The van der Waals surface area contributed by atoms with Gasteiger partial charge < -0.3 is 18.8 Å². The van der Waals surface area contributed by atoms with E-state index in [2.05, 4.69) is 0 Å². The van der Waals surface area contributed by atoms with Gasteiger partial charge in [0.1, 0.15) is 5.82 Å². The number of ether oxygens (including phenoxy) is 2. The lowest BCUT2D eigenvalue weighted by Crippen LogP contribution is -2.43. The Morgan fingerprint density at radius 1 is 1.23 bits per heavy atom. The minimum atomic E-state index is -0.439. The summed E-state index contributed by atoms with van der Waals surface area (Å²) in [6.07, 6.45) is 0.551. The lowest BCUT2D eigenvalue weighted by atomic mass is 9.75. The van der Waals surface area contributed by atoms with Crippen LogP contribution < -0.4 is 5.46 Å². The highest BCUT2D eigenvalue weighted by Gasteiger charge is 2.27. The Labute approximate surface area is 133 Å². The molecule has 1 atom stereocenters. The second-order valence-electron chi connectivity index (χ2n) is 4.60. The number of benzene rings is 1. The van der Waals surface area contributed by atoms with E-state index in [-0.39, 0.29) is 18.7 Å². The molecule has 4 nitrogen and oxygen atoms in total. The van der Waals surface area contributed by atoms with E-state index in [9.17, 15) is 4.39 Å². The van der Waals surface area contributed by atoms with Crippen molar-refractivity contribution in [3.05, 3.63) is 29.6 Å². The lowest BCUT2D eigenvalue weighted by molar-refractivity contribution is -0.134. The van der Waals surface area contributed by atoms with Crippen molar-refractivity contribution in [2.45, 2.75) is 47.0 Å². The lowest BCUT2D eigenvalue weighted by Gasteiger charge is -2.22. The quantitative estimate of drug-likeness (QED) is 0.598. The van der Waals surface area contributed by atoms with Crippen molar-refractivity contribution in [2.24, 2.45) is 0 Å². The number of hydrogen-bond acceptors (Lipinski definition) is 4. The van der Waals surface area contributed by atoms with Gasteiger partial charge in [-0.2, -0.15) is 0 Å². The molecule has 1 aliphatic heterocycles.